The first-order chi connectivity index (χ1) is 6.27. The highest BCUT2D eigenvalue weighted by atomic mass is 16.2. The fraction of sp³-hybridized carbons (Fsp3) is 0.818. The third-order valence-corrected chi connectivity index (χ3v) is 3.00. The van der Waals surface area contributed by atoms with Gasteiger partial charge in [-0.05, 0) is 20.5 Å². The number of rotatable bonds is 1. The van der Waals surface area contributed by atoms with Gasteiger partial charge in [0.1, 0.15) is 6.04 Å². The smallest absolute Gasteiger partial charge is 0.163 e. The van der Waals surface area contributed by atoms with Gasteiger partial charge in [-0.1, -0.05) is 20.8 Å². The molecule has 0 heterocycles. The summed E-state index contributed by atoms with van der Waals surface area (Å²) in [6.45, 7) is 5.76. The van der Waals surface area contributed by atoms with Gasteiger partial charge >= 0.3 is 0 Å². The van der Waals surface area contributed by atoms with E-state index in [1.54, 1.807) is 19.0 Å². The van der Waals surface area contributed by atoms with Crippen molar-refractivity contribution in [1.29, 1.82) is 0 Å². The van der Waals surface area contributed by atoms with Crippen LogP contribution in [0.1, 0.15) is 27.2 Å². The van der Waals surface area contributed by atoms with Crippen molar-refractivity contribution in [3.05, 3.63) is 0 Å². The maximum Gasteiger partial charge on any atom is 0.163 e. The molecular formula is C11H19NO2. The largest absolute Gasteiger partial charge is 0.297 e. The molecule has 1 aliphatic rings. The molecule has 0 amide bonds. The van der Waals surface area contributed by atoms with Crippen LogP contribution in [0.2, 0.25) is 0 Å². The number of carbonyl (C=O) groups excluding carboxylic acids is 2. The molecule has 2 atom stereocenters. The second-order valence-electron chi connectivity index (χ2n) is 5.12. The van der Waals surface area contributed by atoms with E-state index >= 15 is 0 Å². The van der Waals surface area contributed by atoms with E-state index in [1.807, 2.05) is 20.8 Å². The van der Waals surface area contributed by atoms with Crippen LogP contribution in [0.15, 0.2) is 0 Å². The van der Waals surface area contributed by atoms with Crippen molar-refractivity contribution in [3.63, 3.8) is 0 Å². The normalized spacial score (nSPS) is 32.4. The van der Waals surface area contributed by atoms with Gasteiger partial charge in [-0.25, -0.2) is 0 Å². The second kappa shape index (κ2) is 3.46. The molecule has 3 nitrogen and oxygen atoms in total. The summed E-state index contributed by atoms with van der Waals surface area (Å²) in [5.74, 6) is 0.125. The molecule has 1 aliphatic carbocycles. The lowest BCUT2D eigenvalue weighted by Gasteiger charge is -2.38. The predicted octanol–water partition coefficient (Wildman–Crippen LogP) is 1.12. The Hall–Kier alpha value is -0.700. The summed E-state index contributed by atoms with van der Waals surface area (Å²) in [4.78, 5) is 25.5. The minimum atomic E-state index is -0.534. The standard InChI is InChI=1S/C11H19NO2/c1-7-6-11(2,3)10(14)8(9(7)13)12(4)5/h7-8H,6H2,1-5H3. The lowest BCUT2D eigenvalue weighted by atomic mass is 9.68. The number of hydrogen-bond donors (Lipinski definition) is 0. The van der Waals surface area contributed by atoms with Crippen molar-refractivity contribution in [2.45, 2.75) is 33.2 Å². The van der Waals surface area contributed by atoms with Crippen LogP contribution in [0.25, 0.3) is 0 Å². The summed E-state index contributed by atoms with van der Waals surface area (Å²) in [5.41, 5.74) is -0.359. The Morgan fingerprint density at radius 2 is 1.79 bits per heavy atom. The van der Waals surface area contributed by atoms with E-state index < -0.39 is 6.04 Å². The van der Waals surface area contributed by atoms with E-state index in [1.165, 1.54) is 0 Å². The number of hydrogen-bond acceptors (Lipinski definition) is 3. The highest BCUT2D eigenvalue weighted by Gasteiger charge is 2.46. The fourth-order valence-corrected chi connectivity index (χ4v) is 2.22. The molecule has 0 bridgehead atoms. The van der Waals surface area contributed by atoms with Crippen molar-refractivity contribution in [2.75, 3.05) is 14.1 Å². The van der Waals surface area contributed by atoms with Gasteiger partial charge in [0.25, 0.3) is 0 Å². The molecule has 1 fully saturated rings. The molecule has 80 valence electrons. The molecule has 2 unspecified atom stereocenters. The lowest BCUT2D eigenvalue weighted by molar-refractivity contribution is -0.146. The van der Waals surface area contributed by atoms with Crippen LogP contribution in [-0.4, -0.2) is 36.6 Å². The van der Waals surface area contributed by atoms with Gasteiger partial charge in [-0.3, -0.25) is 14.5 Å². The monoisotopic (exact) mass is 197 g/mol. The molecule has 0 spiro atoms. The van der Waals surface area contributed by atoms with Crippen molar-refractivity contribution < 1.29 is 9.59 Å². The fourth-order valence-electron chi connectivity index (χ4n) is 2.22. The summed E-state index contributed by atoms with van der Waals surface area (Å²) < 4.78 is 0. The van der Waals surface area contributed by atoms with Gasteiger partial charge in [-0.15, -0.1) is 0 Å². The van der Waals surface area contributed by atoms with Gasteiger partial charge in [0.05, 0.1) is 0 Å². The molecule has 14 heavy (non-hydrogen) atoms. The molecule has 1 rings (SSSR count). The van der Waals surface area contributed by atoms with E-state index in [2.05, 4.69) is 0 Å². The number of likely N-dealkylation sites (N-methyl/N-ethyl adjacent to an activating group) is 1. The first kappa shape index (κ1) is 11.4. The summed E-state index contributed by atoms with van der Waals surface area (Å²) >= 11 is 0. The van der Waals surface area contributed by atoms with E-state index in [-0.39, 0.29) is 22.9 Å². The third kappa shape index (κ3) is 1.73. The third-order valence-electron chi connectivity index (χ3n) is 3.00. The highest BCUT2D eigenvalue weighted by molar-refractivity contribution is 6.11. The molecule has 0 aromatic rings. The first-order valence-electron chi connectivity index (χ1n) is 5.02. The van der Waals surface area contributed by atoms with Crippen LogP contribution in [0, 0.1) is 11.3 Å². The molecule has 0 radical (unpaired) electrons. The van der Waals surface area contributed by atoms with Crippen molar-refractivity contribution in [2.24, 2.45) is 11.3 Å². The second-order valence-corrected chi connectivity index (χ2v) is 5.12. The summed E-state index contributed by atoms with van der Waals surface area (Å²) in [7, 11) is 3.57. The Kier molecular flexibility index (Phi) is 2.81. The zero-order chi connectivity index (χ0) is 11.1. The van der Waals surface area contributed by atoms with Crippen LogP contribution in [0.5, 0.6) is 0 Å². The molecule has 0 saturated heterocycles. The van der Waals surface area contributed by atoms with Crippen molar-refractivity contribution in [1.82, 2.24) is 4.90 Å². The molecule has 3 heteroatoms. The Labute approximate surface area is 85.5 Å². The van der Waals surface area contributed by atoms with E-state index in [9.17, 15) is 9.59 Å². The van der Waals surface area contributed by atoms with Crippen LogP contribution in [-0.2, 0) is 9.59 Å². The average Bonchev–Trinajstić information content (AvgIpc) is 2.00. The molecule has 0 aliphatic heterocycles. The van der Waals surface area contributed by atoms with E-state index in [0.717, 1.165) is 0 Å². The topological polar surface area (TPSA) is 37.4 Å². The first-order valence-corrected chi connectivity index (χ1v) is 5.02. The highest BCUT2D eigenvalue weighted by Crippen LogP contribution is 2.35. The molecule has 0 aromatic carbocycles. The van der Waals surface area contributed by atoms with Crippen LogP contribution in [0.4, 0.5) is 0 Å². The van der Waals surface area contributed by atoms with Crippen LogP contribution >= 0.6 is 0 Å². The molecule has 0 aromatic heterocycles. The molecule has 1 saturated carbocycles. The number of ketones is 2. The number of carbonyl (C=O) groups is 2. The lowest BCUT2D eigenvalue weighted by Crippen LogP contribution is -2.54. The summed E-state index contributed by atoms with van der Waals surface area (Å²) in [6.07, 6.45) is 0.676. The minimum absolute atomic E-state index is 0.00454. The van der Waals surface area contributed by atoms with Gasteiger partial charge in [0.2, 0.25) is 0 Å². The van der Waals surface area contributed by atoms with Gasteiger partial charge in [0.15, 0.2) is 11.6 Å². The van der Waals surface area contributed by atoms with E-state index in [0.29, 0.717) is 6.42 Å². The Morgan fingerprint density at radius 1 is 1.29 bits per heavy atom. The van der Waals surface area contributed by atoms with Crippen LogP contribution in [0.3, 0.4) is 0 Å². The van der Waals surface area contributed by atoms with Crippen molar-refractivity contribution >= 4 is 11.6 Å². The van der Waals surface area contributed by atoms with Gasteiger partial charge in [-0.2, -0.15) is 0 Å². The minimum Gasteiger partial charge on any atom is -0.297 e. The quantitative estimate of drug-likeness (QED) is 0.591. The zero-order valence-corrected chi connectivity index (χ0v) is 9.63. The van der Waals surface area contributed by atoms with Gasteiger partial charge in [0, 0.05) is 11.3 Å². The zero-order valence-electron chi connectivity index (χ0n) is 9.63. The summed E-state index contributed by atoms with van der Waals surface area (Å²) in [6, 6.07) is -0.534. The predicted molar refractivity (Wildman–Crippen MR) is 55.1 cm³/mol. The number of nitrogens with zero attached hydrogens (tertiary/aromatic N) is 1. The number of Topliss-reactive ketones (excluding diaryl/α,β-unsaturated/α-hetero) is 2. The maximum atomic E-state index is 12.0. The van der Waals surface area contributed by atoms with Gasteiger partial charge < -0.3 is 0 Å². The Morgan fingerprint density at radius 3 is 2.21 bits per heavy atom. The molecule has 0 N–H and O–H groups in total. The van der Waals surface area contributed by atoms with E-state index in [4.69, 9.17) is 0 Å². The van der Waals surface area contributed by atoms with Crippen molar-refractivity contribution in [3.8, 4) is 0 Å². The average molecular weight is 197 g/mol. The van der Waals surface area contributed by atoms with Crippen LogP contribution < -0.4 is 0 Å². The molecular weight excluding hydrogens is 178 g/mol. The SMILES string of the molecule is CC1CC(C)(C)C(=O)C(N(C)C)C1=O. The Bertz CT molecular complexity index is 268. The summed E-state index contributed by atoms with van der Waals surface area (Å²) in [5, 5.41) is 0. The maximum absolute atomic E-state index is 12.0. The Balaban J connectivity index is 3.02.